The van der Waals surface area contributed by atoms with Crippen molar-refractivity contribution in [3.63, 3.8) is 0 Å². The molecule has 0 spiro atoms. The van der Waals surface area contributed by atoms with Gasteiger partial charge in [-0.05, 0) is 56.2 Å². The molecule has 0 unspecified atom stereocenters. The zero-order valence-electron chi connectivity index (χ0n) is 18.7. The van der Waals surface area contributed by atoms with Crippen LogP contribution in [-0.2, 0) is 14.3 Å². The highest BCUT2D eigenvalue weighted by molar-refractivity contribution is 7.76. The molecule has 0 saturated heterocycles. The molecule has 1 aliphatic rings. The first kappa shape index (κ1) is 24.4. The normalized spacial score (nSPS) is 16.6. The van der Waals surface area contributed by atoms with E-state index < -0.39 is 14.0 Å². The summed E-state index contributed by atoms with van der Waals surface area (Å²) in [7, 11) is -0.911. The molecule has 4 heteroatoms. The minimum atomic E-state index is -0.911. The van der Waals surface area contributed by atoms with Crippen LogP contribution in [-0.4, -0.2) is 18.4 Å². The smallest absolute Gasteiger partial charge is 0.315 e. The molecule has 3 rings (SSSR count). The van der Waals surface area contributed by atoms with Crippen molar-refractivity contribution in [2.45, 2.75) is 39.2 Å². The van der Waals surface area contributed by atoms with Gasteiger partial charge in [-0.1, -0.05) is 81.1 Å². The molecule has 1 saturated carbocycles. The summed E-state index contributed by atoms with van der Waals surface area (Å²) in [5, 5.41) is 2.35. The quantitative estimate of drug-likeness (QED) is 0.203. The van der Waals surface area contributed by atoms with Crippen LogP contribution in [0.5, 0.6) is 0 Å². The Morgan fingerprint density at radius 3 is 2.09 bits per heavy atom. The number of carbonyl (C=O) groups excluding carboxylic acids is 2. The van der Waals surface area contributed by atoms with Crippen LogP contribution in [0.2, 0.25) is 0 Å². The van der Waals surface area contributed by atoms with Crippen molar-refractivity contribution in [3.8, 4) is 0 Å². The SMILES string of the molecule is C=C(CC)[C@H](OC(=O)[C]1[CH][CH][CH][C]1P(c1ccccc1)c1ccccc1)[C@@H](CC)CC=O. The molecule has 0 aliphatic heterocycles. The lowest BCUT2D eigenvalue weighted by Crippen LogP contribution is -2.32. The maximum absolute atomic E-state index is 13.4. The minimum Gasteiger partial charge on any atom is -0.457 e. The molecule has 0 aromatic heterocycles. The topological polar surface area (TPSA) is 43.4 Å². The second-order valence-corrected chi connectivity index (χ2v) is 9.93. The fraction of sp³-hybridized carbons (Fsp3) is 0.250. The molecule has 5 radical (unpaired) electrons. The summed E-state index contributed by atoms with van der Waals surface area (Å²) < 4.78 is 6.03. The Morgan fingerprint density at radius 1 is 1.00 bits per heavy atom. The average Bonchev–Trinajstić information content (AvgIpc) is 3.31. The first-order valence-electron chi connectivity index (χ1n) is 11.1. The number of hydrogen-bond acceptors (Lipinski definition) is 3. The fourth-order valence-electron chi connectivity index (χ4n) is 3.88. The van der Waals surface area contributed by atoms with Crippen LogP contribution in [0.25, 0.3) is 0 Å². The number of rotatable bonds is 11. The van der Waals surface area contributed by atoms with E-state index in [0.29, 0.717) is 18.8 Å². The van der Waals surface area contributed by atoms with E-state index in [1.807, 2.05) is 69.5 Å². The van der Waals surface area contributed by atoms with Gasteiger partial charge in [-0.15, -0.1) is 0 Å². The van der Waals surface area contributed by atoms with E-state index in [4.69, 9.17) is 4.74 Å². The minimum absolute atomic E-state index is 0.0629. The summed E-state index contributed by atoms with van der Waals surface area (Å²) in [5.41, 5.74) is 1.82. The molecule has 3 nitrogen and oxygen atoms in total. The molecule has 0 N–H and O–H groups in total. The predicted molar refractivity (Wildman–Crippen MR) is 132 cm³/mol. The third-order valence-electron chi connectivity index (χ3n) is 5.72. The van der Waals surface area contributed by atoms with Crippen LogP contribution in [0.3, 0.4) is 0 Å². The van der Waals surface area contributed by atoms with Gasteiger partial charge in [0.1, 0.15) is 18.3 Å². The van der Waals surface area contributed by atoms with Gasteiger partial charge in [0.05, 0.1) is 0 Å². The Bertz CT molecular complexity index is 841. The number of ether oxygens (including phenoxy) is 1. The van der Waals surface area contributed by atoms with Crippen molar-refractivity contribution < 1.29 is 14.3 Å². The molecular formula is C28H30O3P. The Morgan fingerprint density at radius 2 is 1.59 bits per heavy atom. The second kappa shape index (κ2) is 12.1. The largest absolute Gasteiger partial charge is 0.457 e. The third-order valence-corrected chi connectivity index (χ3v) is 8.23. The van der Waals surface area contributed by atoms with Crippen molar-refractivity contribution in [1.82, 2.24) is 0 Å². The zero-order valence-corrected chi connectivity index (χ0v) is 19.6. The Balaban J connectivity index is 1.88. The molecule has 2 atom stereocenters. The number of benzene rings is 2. The van der Waals surface area contributed by atoms with Crippen LogP contribution in [0.1, 0.15) is 33.1 Å². The molecule has 32 heavy (non-hydrogen) atoms. The number of carbonyl (C=O) groups is 2. The first-order chi connectivity index (χ1) is 15.6. The van der Waals surface area contributed by atoms with Gasteiger partial charge < -0.3 is 9.53 Å². The fourth-order valence-corrected chi connectivity index (χ4v) is 6.32. The van der Waals surface area contributed by atoms with Crippen LogP contribution in [0.15, 0.2) is 72.8 Å². The van der Waals surface area contributed by atoms with E-state index in [0.717, 1.165) is 23.9 Å². The lowest BCUT2D eigenvalue weighted by Gasteiger charge is -2.31. The highest BCUT2D eigenvalue weighted by Crippen LogP contribution is 2.56. The van der Waals surface area contributed by atoms with E-state index >= 15 is 0 Å². The Hall–Kier alpha value is -2.25. The van der Waals surface area contributed by atoms with Crippen LogP contribution >= 0.6 is 7.92 Å². The molecule has 0 amide bonds. The average molecular weight is 446 g/mol. The maximum Gasteiger partial charge on any atom is 0.315 e. The van der Waals surface area contributed by atoms with E-state index in [1.165, 1.54) is 10.6 Å². The molecule has 165 valence electrons. The van der Waals surface area contributed by atoms with E-state index in [2.05, 4.69) is 30.8 Å². The summed E-state index contributed by atoms with van der Waals surface area (Å²) in [6.07, 6.45) is 7.99. The standard InChI is InChI=1S/C28H30O3P/c1-4-21(3)27(22(5-2)19-20-29)31-28(30)25-17-12-18-26(25)32(23-13-8-6-9-14-23)24-15-10-7-11-16-24/h6-18,20,22,27H,3-5,19H2,1-2H3/t22-,27-/m0/s1. The first-order valence-corrected chi connectivity index (χ1v) is 12.4. The summed E-state index contributed by atoms with van der Waals surface area (Å²) >= 11 is 0. The van der Waals surface area contributed by atoms with Crippen molar-refractivity contribution in [2.24, 2.45) is 5.92 Å². The Kier molecular flexibility index (Phi) is 9.23. The molecule has 0 bridgehead atoms. The van der Waals surface area contributed by atoms with Gasteiger partial charge in [-0.2, -0.15) is 0 Å². The van der Waals surface area contributed by atoms with Gasteiger partial charge >= 0.3 is 5.97 Å². The third kappa shape index (κ3) is 5.75. The molecular weight excluding hydrogens is 415 g/mol. The van der Waals surface area contributed by atoms with Crippen molar-refractivity contribution >= 4 is 30.8 Å². The maximum atomic E-state index is 13.4. The van der Waals surface area contributed by atoms with Crippen LogP contribution in [0.4, 0.5) is 0 Å². The Labute approximate surface area is 194 Å². The molecule has 1 aliphatic carbocycles. The number of hydrogen-bond donors (Lipinski definition) is 0. The van der Waals surface area contributed by atoms with Gasteiger partial charge in [0.15, 0.2) is 0 Å². The summed E-state index contributed by atoms with van der Waals surface area (Å²) in [6.45, 7) is 8.13. The van der Waals surface area contributed by atoms with Crippen molar-refractivity contribution in [1.29, 1.82) is 0 Å². The monoisotopic (exact) mass is 445 g/mol. The van der Waals surface area contributed by atoms with Gasteiger partial charge in [-0.25, -0.2) is 0 Å². The number of esters is 1. The van der Waals surface area contributed by atoms with Crippen molar-refractivity contribution in [3.05, 3.63) is 104 Å². The second-order valence-electron chi connectivity index (χ2n) is 7.74. The lowest BCUT2D eigenvalue weighted by atomic mass is 9.90. The lowest BCUT2D eigenvalue weighted by molar-refractivity contribution is -0.147. The van der Waals surface area contributed by atoms with E-state index in [-0.39, 0.29) is 11.9 Å². The molecule has 2 aromatic rings. The van der Waals surface area contributed by atoms with Crippen LogP contribution in [0, 0.1) is 36.8 Å². The van der Waals surface area contributed by atoms with Gasteiger partial charge in [-0.3, -0.25) is 4.79 Å². The highest BCUT2D eigenvalue weighted by atomic mass is 31.1. The predicted octanol–water partition coefficient (Wildman–Crippen LogP) is 5.35. The summed E-state index contributed by atoms with van der Waals surface area (Å²) in [4.78, 5) is 24.6. The van der Waals surface area contributed by atoms with Gasteiger partial charge in [0.2, 0.25) is 0 Å². The summed E-state index contributed by atoms with van der Waals surface area (Å²) in [5.74, 6) is 0.166. The van der Waals surface area contributed by atoms with E-state index in [1.54, 1.807) is 0 Å². The van der Waals surface area contributed by atoms with Crippen molar-refractivity contribution in [2.75, 3.05) is 0 Å². The number of aldehydes is 1. The highest BCUT2D eigenvalue weighted by Gasteiger charge is 2.43. The molecule has 0 heterocycles. The van der Waals surface area contributed by atoms with E-state index in [9.17, 15) is 9.59 Å². The van der Waals surface area contributed by atoms with Gasteiger partial charge in [0, 0.05) is 18.0 Å². The zero-order chi connectivity index (χ0) is 22.9. The van der Waals surface area contributed by atoms with Gasteiger partial charge in [0.25, 0.3) is 0 Å². The summed E-state index contributed by atoms with van der Waals surface area (Å²) in [6, 6.07) is 20.6. The molecule has 2 aromatic carbocycles. The van der Waals surface area contributed by atoms with Crippen LogP contribution < -0.4 is 10.6 Å². The molecule has 1 fully saturated rings.